The van der Waals surface area contributed by atoms with Crippen molar-refractivity contribution >= 4 is 15.7 Å². The van der Waals surface area contributed by atoms with Crippen LogP contribution in [0.4, 0.5) is 0 Å². The lowest BCUT2D eigenvalue weighted by atomic mass is 10.1. The Morgan fingerprint density at radius 1 is 1.50 bits per heavy atom. The highest BCUT2D eigenvalue weighted by Gasteiger charge is 2.26. The largest absolute Gasteiger partial charge is 0.393 e. The van der Waals surface area contributed by atoms with E-state index in [1.54, 1.807) is 0 Å². The highest BCUT2D eigenvalue weighted by Crippen LogP contribution is 2.24. The molecule has 1 aliphatic rings. The third kappa shape index (κ3) is 5.32. The molecule has 0 heterocycles. The number of nitrogens with two attached hydrogens (primary N) is 1. The Bertz CT molecular complexity index is 383. The van der Waals surface area contributed by atoms with Crippen LogP contribution in [0.3, 0.4) is 0 Å². The third-order valence-electron chi connectivity index (χ3n) is 3.29. The average molecular weight is 278 g/mol. The smallest absolute Gasteiger partial charge is 0.236 e. The van der Waals surface area contributed by atoms with Crippen LogP contribution < -0.4 is 11.1 Å². The number of carbonyl (C=O) groups excluding carboxylic acids is 1. The number of amides is 1. The molecular weight excluding hydrogens is 256 g/mol. The van der Waals surface area contributed by atoms with Crippen LogP contribution in [0.1, 0.15) is 25.7 Å². The van der Waals surface area contributed by atoms with Crippen LogP contribution in [0.15, 0.2) is 0 Å². The van der Waals surface area contributed by atoms with E-state index in [1.165, 1.54) is 0 Å². The van der Waals surface area contributed by atoms with E-state index in [0.29, 0.717) is 6.54 Å². The van der Waals surface area contributed by atoms with Gasteiger partial charge in [-0.2, -0.15) is 0 Å². The van der Waals surface area contributed by atoms with Crippen molar-refractivity contribution in [1.82, 2.24) is 5.32 Å². The standard InChI is InChI=1S/C11H22N2O4S/c1-18(16,17)6-5-9(12)11(15)13-7-8-3-2-4-10(8)14/h8-10,14H,2-7,12H2,1H3,(H,13,15). The van der Waals surface area contributed by atoms with E-state index in [2.05, 4.69) is 5.32 Å². The van der Waals surface area contributed by atoms with Gasteiger partial charge >= 0.3 is 0 Å². The first-order valence-corrected chi connectivity index (χ1v) is 8.24. The van der Waals surface area contributed by atoms with E-state index >= 15 is 0 Å². The van der Waals surface area contributed by atoms with Crippen molar-refractivity contribution in [2.24, 2.45) is 11.7 Å². The Labute approximate surface area is 108 Å². The van der Waals surface area contributed by atoms with Crippen molar-refractivity contribution in [3.05, 3.63) is 0 Å². The maximum Gasteiger partial charge on any atom is 0.236 e. The molecule has 4 N–H and O–H groups in total. The molecule has 0 radical (unpaired) electrons. The summed E-state index contributed by atoms with van der Waals surface area (Å²) in [6.45, 7) is 0.409. The lowest BCUT2D eigenvalue weighted by molar-refractivity contribution is -0.122. The molecule has 3 unspecified atom stereocenters. The maximum atomic E-state index is 11.6. The molecule has 0 spiro atoms. The van der Waals surface area contributed by atoms with Crippen molar-refractivity contribution in [2.45, 2.75) is 37.8 Å². The predicted octanol–water partition coefficient (Wildman–Crippen LogP) is -0.974. The van der Waals surface area contributed by atoms with Gasteiger partial charge in [-0.3, -0.25) is 4.79 Å². The molecule has 0 aromatic heterocycles. The minimum absolute atomic E-state index is 0.0896. The number of sulfone groups is 1. The van der Waals surface area contributed by atoms with Crippen molar-refractivity contribution in [3.63, 3.8) is 0 Å². The average Bonchev–Trinajstić information content (AvgIpc) is 2.67. The van der Waals surface area contributed by atoms with Gasteiger partial charge in [0, 0.05) is 18.7 Å². The van der Waals surface area contributed by atoms with Crippen LogP contribution in [0, 0.1) is 5.92 Å². The predicted molar refractivity (Wildman–Crippen MR) is 68.7 cm³/mol. The molecule has 0 aromatic carbocycles. The zero-order chi connectivity index (χ0) is 13.8. The van der Waals surface area contributed by atoms with Gasteiger partial charge < -0.3 is 16.2 Å². The second-order valence-corrected chi connectivity index (χ2v) is 7.29. The number of hydrogen-bond acceptors (Lipinski definition) is 5. The second kappa shape index (κ2) is 6.49. The van der Waals surface area contributed by atoms with Crippen molar-refractivity contribution in [3.8, 4) is 0 Å². The number of rotatable bonds is 6. The van der Waals surface area contributed by atoms with Crippen molar-refractivity contribution < 1.29 is 18.3 Å². The highest BCUT2D eigenvalue weighted by molar-refractivity contribution is 7.90. The summed E-state index contributed by atoms with van der Waals surface area (Å²) in [6.07, 6.45) is 3.55. The highest BCUT2D eigenvalue weighted by atomic mass is 32.2. The molecule has 1 rings (SSSR count). The molecule has 0 saturated heterocycles. The molecule has 7 heteroatoms. The number of aliphatic hydroxyl groups excluding tert-OH is 1. The SMILES string of the molecule is CS(=O)(=O)CCC(N)C(=O)NCC1CCCC1O. The van der Waals surface area contributed by atoms with Crippen LogP contribution in [0.25, 0.3) is 0 Å². The van der Waals surface area contributed by atoms with E-state index in [-0.39, 0.29) is 30.1 Å². The van der Waals surface area contributed by atoms with Gasteiger partial charge in [0.05, 0.1) is 17.9 Å². The van der Waals surface area contributed by atoms with Crippen LogP contribution in [-0.2, 0) is 14.6 Å². The fourth-order valence-corrected chi connectivity index (χ4v) is 2.77. The van der Waals surface area contributed by atoms with Gasteiger partial charge in [0.2, 0.25) is 5.91 Å². The van der Waals surface area contributed by atoms with Gasteiger partial charge in [-0.25, -0.2) is 8.42 Å². The second-order valence-electron chi connectivity index (χ2n) is 5.03. The molecule has 106 valence electrons. The number of nitrogens with one attached hydrogen (secondary N) is 1. The molecule has 18 heavy (non-hydrogen) atoms. The van der Waals surface area contributed by atoms with Crippen LogP contribution in [0.5, 0.6) is 0 Å². The lowest BCUT2D eigenvalue weighted by Crippen LogP contribution is -2.44. The summed E-state index contributed by atoms with van der Waals surface area (Å²) >= 11 is 0. The van der Waals surface area contributed by atoms with E-state index in [9.17, 15) is 18.3 Å². The first kappa shape index (κ1) is 15.4. The first-order chi connectivity index (χ1) is 8.29. The summed E-state index contributed by atoms with van der Waals surface area (Å²) < 4.78 is 21.9. The minimum Gasteiger partial charge on any atom is -0.393 e. The summed E-state index contributed by atoms with van der Waals surface area (Å²) in [4.78, 5) is 11.6. The molecule has 0 bridgehead atoms. The topological polar surface area (TPSA) is 109 Å². The Balaban J connectivity index is 2.27. The molecule has 3 atom stereocenters. The summed E-state index contributed by atoms with van der Waals surface area (Å²) in [6, 6.07) is -0.807. The maximum absolute atomic E-state index is 11.6. The Kier molecular flexibility index (Phi) is 5.55. The summed E-state index contributed by atoms with van der Waals surface area (Å²) in [5.74, 6) is -0.345. The number of aliphatic hydroxyl groups is 1. The van der Waals surface area contributed by atoms with Crippen molar-refractivity contribution in [2.75, 3.05) is 18.6 Å². The van der Waals surface area contributed by atoms with Gasteiger partial charge in [-0.1, -0.05) is 6.42 Å². The molecule has 1 aliphatic carbocycles. The number of carbonyl (C=O) groups is 1. The molecular formula is C11H22N2O4S. The summed E-state index contributed by atoms with van der Waals surface area (Å²) in [5.41, 5.74) is 5.60. The van der Waals surface area contributed by atoms with Gasteiger partial charge in [0.15, 0.2) is 0 Å². The molecule has 1 fully saturated rings. The van der Waals surface area contributed by atoms with E-state index < -0.39 is 15.9 Å². The van der Waals surface area contributed by atoms with Gasteiger partial charge in [-0.05, 0) is 19.3 Å². The normalized spacial score (nSPS) is 25.9. The Morgan fingerprint density at radius 2 is 2.17 bits per heavy atom. The van der Waals surface area contributed by atoms with Crippen LogP contribution in [-0.4, -0.2) is 50.1 Å². The zero-order valence-electron chi connectivity index (χ0n) is 10.6. The Morgan fingerprint density at radius 3 is 2.67 bits per heavy atom. The Hall–Kier alpha value is -0.660. The monoisotopic (exact) mass is 278 g/mol. The van der Waals surface area contributed by atoms with E-state index in [1.807, 2.05) is 0 Å². The quantitative estimate of drug-likeness (QED) is 0.579. The lowest BCUT2D eigenvalue weighted by Gasteiger charge is -2.17. The zero-order valence-corrected chi connectivity index (χ0v) is 11.4. The van der Waals surface area contributed by atoms with Crippen LogP contribution in [0.2, 0.25) is 0 Å². The molecule has 0 aliphatic heterocycles. The first-order valence-electron chi connectivity index (χ1n) is 6.18. The molecule has 6 nitrogen and oxygen atoms in total. The summed E-state index contributed by atoms with van der Waals surface area (Å²) in [5, 5.41) is 12.3. The van der Waals surface area contributed by atoms with Crippen LogP contribution >= 0.6 is 0 Å². The van der Waals surface area contributed by atoms with Gasteiger partial charge in [-0.15, -0.1) is 0 Å². The molecule has 0 aromatic rings. The molecule has 1 amide bonds. The van der Waals surface area contributed by atoms with E-state index in [4.69, 9.17) is 5.73 Å². The summed E-state index contributed by atoms with van der Waals surface area (Å²) in [7, 11) is -3.09. The van der Waals surface area contributed by atoms with Gasteiger partial charge in [0.25, 0.3) is 0 Å². The van der Waals surface area contributed by atoms with Crippen molar-refractivity contribution in [1.29, 1.82) is 0 Å². The fourth-order valence-electron chi connectivity index (χ4n) is 2.09. The van der Waals surface area contributed by atoms with E-state index in [0.717, 1.165) is 25.5 Å². The fraction of sp³-hybridized carbons (Fsp3) is 0.909. The molecule has 1 saturated carbocycles. The number of hydrogen-bond donors (Lipinski definition) is 3. The minimum atomic E-state index is -3.09. The third-order valence-corrected chi connectivity index (χ3v) is 4.27. The van der Waals surface area contributed by atoms with Gasteiger partial charge in [0.1, 0.15) is 9.84 Å².